The summed E-state index contributed by atoms with van der Waals surface area (Å²) in [5.74, 6) is -0.274. The van der Waals surface area contributed by atoms with Crippen LogP contribution in [0.25, 0.3) is 10.9 Å². The minimum Gasteiger partial charge on any atom is -0.378 e. The lowest BCUT2D eigenvalue weighted by molar-refractivity contribution is 0.102. The largest absolute Gasteiger partial charge is 0.378 e. The molecule has 6 nitrogen and oxygen atoms in total. The van der Waals surface area contributed by atoms with Crippen LogP contribution in [0.2, 0.25) is 0 Å². The van der Waals surface area contributed by atoms with Crippen LogP contribution in [0, 0.1) is 5.82 Å². The van der Waals surface area contributed by atoms with Crippen molar-refractivity contribution in [2.75, 3.05) is 36.5 Å². The minimum atomic E-state index is -0.360. The Hall–Kier alpha value is -2.93. The van der Waals surface area contributed by atoms with Gasteiger partial charge < -0.3 is 19.9 Å². The summed E-state index contributed by atoms with van der Waals surface area (Å²) < 4.78 is 19.1. The molecule has 0 atom stereocenters. The Kier molecular flexibility index (Phi) is 4.07. The van der Waals surface area contributed by atoms with E-state index in [2.05, 4.69) is 20.2 Å². The topological polar surface area (TPSA) is 70.2 Å². The van der Waals surface area contributed by atoms with Gasteiger partial charge in [0.1, 0.15) is 17.3 Å². The van der Waals surface area contributed by atoms with Gasteiger partial charge in [0.25, 0.3) is 5.91 Å². The van der Waals surface area contributed by atoms with Gasteiger partial charge in [-0.05, 0) is 30.3 Å². The number of hydrogen-bond donors (Lipinski definition) is 2. The summed E-state index contributed by atoms with van der Waals surface area (Å²) >= 11 is 0. The number of benzene rings is 1. The van der Waals surface area contributed by atoms with Gasteiger partial charge in [-0.15, -0.1) is 0 Å². The molecule has 3 heterocycles. The lowest BCUT2D eigenvalue weighted by Gasteiger charge is -2.28. The van der Waals surface area contributed by atoms with E-state index < -0.39 is 0 Å². The first-order chi connectivity index (χ1) is 12.2. The molecule has 1 fully saturated rings. The molecule has 128 valence electrons. The third-order valence-corrected chi connectivity index (χ3v) is 4.22. The van der Waals surface area contributed by atoms with Crippen molar-refractivity contribution in [1.82, 2.24) is 9.97 Å². The number of rotatable bonds is 3. The van der Waals surface area contributed by atoms with E-state index in [0.717, 1.165) is 18.8 Å². The van der Waals surface area contributed by atoms with Crippen molar-refractivity contribution in [3.8, 4) is 0 Å². The van der Waals surface area contributed by atoms with E-state index in [1.165, 1.54) is 12.1 Å². The fourth-order valence-corrected chi connectivity index (χ4v) is 2.89. The summed E-state index contributed by atoms with van der Waals surface area (Å²) in [6.07, 6.45) is 1.73. The summed E-state index contributed by atoms with van der Waals surface area (Å²) in [4.78, 5) is 21.7. The maximum absolute atomic E-state index is 13.7. The van der Waals surface area contributed by atoms with Crippen molar-refractivity contribution in [3.63, 3.8) is 0 Å². The predicted molar refractivity (Wildman–Crippen MR) is 93.5 cm³/mol. The number of hydrogen-bond acceptors (Lipinski definition) is 4. The highest BCUT2D eigenvalue weighted by atomic mass is 19.1. The molecule has 2 N–H and O–H groups in total. The molecule has 3 aromatic rings. The standard InChI is InChI=1S/C18H17FN4O2/c19-14-2-1-3-15-13(14)10-16(21-15)18(24)22-17-5-4-12(11-20-17)23-6-8-25-9-7-23/h1-5,10-11,21H,6-9H2,(H,20,22,24). The normalized spacial score (nSPS) is 14.7. The number of anilines is 2. The van der Waals surface area contributed by atoms with Crippen LogP contribution in [-0.4, -0.2) is 42.2 Å². The van der Waals surface area contributed by atoms with Crippen LogP contribution in [0.4, 0.5) is 15.9 Å². The smallest absolute Gasteiger partial charge is 0.273 e. The number of aromatic nitrogens is 2. The molecular formula is C18H17FN4O2. The second-order valence-electron chi connectivity index (χ2n) is 5.84. The van der Waals surface area contributed by atoms with Crippen LogP contribution in [-0.2, 0) is 4.74 Å². The number of fused-ring (bicyclic) bond motifs is 1. The van der Waals surface area contributed by atoms with E-state index in [9.17, 15) is 9.18 Å². The average Bonchev–Trinajstić information content (AvgIpc) is 3.09. The van der Waals surface area contributed by atoms with E-state index in [1.807, 2.05) is 6.07 Å². The molecule has 0 saturated carbocycles. The maximum Gasteiger partial charge on any atom is 0.273 e. The number of amides is 1. The SMILES string of the molecule is O=C(Nc1ccc(N2CCOCC2)cn1)c1cc2c(F)cccc2[nH]1. The summed E-state index contributed by atoms with van der Waals surface area (Å²) in [6, 6.07) is 9.86. The van der Waals surface area contributed by atoms with Gasteiger partial charge in [-0.1, -0.05) is 6.07 Å². The Labute approximate surface area is 143 Å². The monoisotopic (exact) mass is 340 g/mol. The molecule has 25 heavy (non-hydrogen) atoms. The zero-order valence-corrected chi connectivity index (χ0v) is 13.5. The first-order valence-electron chi connectivity index (χ1n) is 8.08. The number of pyridine rings is 1. The zero-order chi connectivity index (χ0) is 17.2. The van der Waals surface area contributed by atoms with Crippen LogP contribution in [0.3, 0.4) is 0 Å². The zero-order valence-electron chi connectivity index (χ0n) is 13.5. The quantitative estimate of drug-likeness (QED) is 0.769. The Balaban J connectivity index is 1.49. The summed E-state index contributed by atoms with van der Waals surface area (Å²) in [6.45, 7) is 3.06. The van der Waals surface area contributed by atoms with Crippen molar-refractivity contribution >= 4 is 28.3 Å². The first-order valence-corrected chi connectivity index (χ1v) is 8.08. The third-order valence-electron chi connectivity index (χ3n) is 4.22. The van der Waals surface area contributed by atoms with E-state index in [4.69, 9.17) is 4.74 Å². The number of ether oxygens (including phenoxy) is 1. The highest BCUT2D eigenvalue weighted by Gasteiger charge is 2.14. The van der Waals surface area contributed by atoms with Crippen molar-refractivity contribution in [2.45, 2.75) is 0 Å². The Morgan fingerprint density at radius 2 is 2.08 bits per heavy atom. The number of halogens is 1. The molecular weight excluding hydrogens is 323 g/mol. The maximum atomic E-state index is 13.7. The van der Waals surface area contributed by atoms with Crippen LogP contribution in [0.1, 0.15) is 10.5 Å². The van der Waals surface area contributed by atoms with Gasteiger partial charge in [-0.3, -0.25) is 4.79 Å². The molecule has 0 spiro atoms. The van der Waals surface area contributed by atoms with E-state index in [1.54, 1.807) is 24.4 Å². The molecule has 1 aliphatic rings. The number of nitrogens with one attached hydrogen (secondary N) is 2. The molecule has 0 aliphatic carbocycles. The fraction of sp³-hybridized carbons (Fsp3) is 0.222. The van der Waals surface area contributed by atoms with Crippen molar-refractivity contribution in [1.29, 1.82) is 0 Å². The van der Waals surface area contributed by atoms with Crippen LogP contribution < -0.4 is 10.2 Å². The van der Waals surface area contributed by atoms with E-state index >= 15 is 0 Å². The number of carbonyl (C=O) groups is 1. The molecule has 2 aromatic heterocycles. The molecule has 0 radical (unpaired) electrons. The second-order valence-corrected chi connectivity index (χ2v) is 5.84. The van der Waals surface area contributed by atoms with Gasteiger partial charge in [0.05, 0.1) is 25.1 Å². The average molecular weight is 340 g/mol. The molecule has 7 heteroatoms. The Morgan fingerprint density at radius 3 is 2.80 bits per heavy atom. The van der Waals surface area contributed by atoms with Gasteiger partial charge in [-0.2, -0.15) is 0 Å². The number of nitrogens with zero attached hydrogens (tertiary/aromatic N) is 2. The minimum absolute atomic E-state index is 0.291. The molecule has 4 rings (SSSR count). The van der Waals surface area contributed by atoms with E-state index in [-0.39, 0.29) is 11.7 Å². The molecule has 0 bridgehead atoms. The van der Waals surface area contributed by atoms with Crippen LogP contribution >= 0.6 is 0 Å². The number of aromatic amines is 1. The molecule has 1 aliphatic heterocycles. The molecule has 0 unspecified atom stereocenters. The lowest BCUT2D eigenvalue weighted by atomic mass is 10.2. The summed E-state index contributed by atoms with van der Waals surface area (Å²) in [5, 5.41) is 3.11. The van der Waals surface area contributed by atoms with Crippen LogP contribution in [0.5, 0.6) is 0 Å². The van der Waals surface area contributed by atoms with Crippen molar-refractivity contribution in [3.05, 3.63) is 54.1 Å². The number of carbonyl (C=O) groups excluding carboxylic acids is 1. The van der Waals surface area contributed by atoms with Crippen molar-refractivity contribution in [2.24, 2.45) is 0 Å². The first kappa shape index (κ1) is 15.6. The highest BCUT2D eigenvalue weighted by Crippen LogP contribution is 2.20. The summed E-state index contributed by atoms with van der Waals surface area (Å²) in [7, 11) is 0. The van der Waals surface area contributed by atoms with Gasteiger partial charge in [0.2, 0.25) is 0 Å². The number of morpholine rings is 1. The third kappa shape index (κ3) is 3.18. The predicted octanol–water partition coefficient (Wildman–Crippen LogP) is 2.79. The fourth-order valence-electron chi connectivity index (χ4n) is 2.89. The Morgan fingerprint density at radius 1 is 1.24 bits per heavy atom. The lowest BCUT2D eigenvalue weighted by Crippen LogP contribution is -2.36. The van der Waals surface area contributed by atoms with Crippen molar-refractivity contribution < 1.29 is 13.9 Å². The van der Waals surface area contributed by atoms with Gasteiger partial charge >= 0.3 is 0 Å². The van der Waals surface area contributed by atoms with Crippen LogP contribution in [0.15, 0.2) is 42.6 Å². The van der Waals surface area contributed by atoms with Gasteiger partial charge in [-0.25, -0.2) is 9.37 Å². The van der Waals surface area contributed by atoms with E-state index in [0.29, 0.717) is 35.6 Å². The summed E-state index contributed by atoms with van der Waals surface area (Å²) in [5.41, 5.74) is 1.87. The van der Waals surface area contributed by atoms with Gasteiger partial charge in [0.15, 0.2) is 0 Å². The Bertz CT molecular complexity index is 901. The molecule has 1 amide bonds. The number of H-pyrrole nitrogens is 1. The second kappa shape index (κ2) is 6.52. The van der Waals surface area contributed by atoms with Gasteiger partial charge in [0, 0.05) is 24.0 Å². The highest BCUT2D eigenvalue weighted by molar-refractivity contribution is 6.05. The molecule has 1 saturated heterocycles. The molecule has 1 aromatic carbocycles.